The van der Waals surface area contributed by atoms with Crippen LogP contribution in [0.25, 0.3) is 11.1 Å². The van der Waals surface area contributed by atoms with Gasteiger partial charge in [0.1, 0.15) is 18.1 Å². The fourth-order valence-corrected chi connectivity index (χ4v) is 4.51. The van der Waals surface area contributed by atoms with Crippen LogP contribution in [0.3, 0.4) is 0 Å². The number of carbonyl (C=O) groups is 1. The highest BCUT2D eigenvalue weighted by molar-refractivity contribution is 6.31. The van der Waals surface area contributed by atoms with Crippen molar-refractivity contribution in [1.82, 2.24) is 4.57 Å². The zero-order valence-electron chi connectivity index (χ0n) is 20.8. The molecule has 1 N–H and O–H groups in total. The van der Waals surface area contributed by atoms with E-state index in [1.54, 1.807) is 20.8 Å². The van der Waals surface area contributed by atoms with Crippen LogP contribution in [0, 0.1) is 5.41 Å². The maximum Gasteiger partial charge on any atom is 0.422 e. The first-order chi connectivity index (χ1) is 17.2. The fraction of sp³-hybridized carbons (Fsp3) is 0.480. The van der Waals surface area contributed by atoms with Crippen molar-refractivity contribution in [1.29, 1.82) is 0 Å². The highest BCUT2D eigenvalue weighted by Gasteiger charge is 2.52. The Morgan fingerprint density at radius 3 is 2.41 bits per heavy atom. The molecule has 3 rings (SSSR count). The first-order valence-corrected chi connectivity index (χ1v) is 11.8. The SMILES string of the molecule is COc1cn(C(CC2=NOCCC2)(C(=O)O)C(C)(C)C)c(=O)cc1-c1cc(Cl)ccc1OCC(F)(F)F. The summed E-state index contributed by atoms with van der Waals surface area (Å²) in [5, 5.41) is 14.7. The van der Waals surface area contributed by atoms with Crippen molar-refractivity contribution in [3.8, 4) is 22.6 Å². The predicted molar refractivity (Wildman–Crippen MR) is 132 cm³/mol. The van der Waals surface area contributed by atoms with E-state index in [1.807, 2.05) is 0 Å². The van der Waals surface area contributed by atoms with Gasteiger partial charge in [0.25, 0.3) is 5.56 Å². The number of hydrogen-bond donors (Lipinski definition) is 1. The molecule has 0 amide bonds. The van der Waals surface area contributed by atoms with E-state index >= 15 is 0 Å². The molecule has 0 saturated carbocycles. The van der Waals surface area contributed by atoms with Gasteiger partial charge >= 0.3 is 12.1 Å². The molecule has 2 aromatic rings. The van der Waals surface area contributed by atoms with E-state index in [2.05, 4.69) is 5.16 Å². The van der Waals surface area contributed by atoms with Gasteiger partial charge in [-0.2, -0.15) is 13.2 Å². The molecular weight excluding hydrogens is 517 g/mol. The van der Waals surface area contributed by atoms with Crippen LogP contribution in [0.2, 0.25) is 5.02 Å². The number of hydrogen-bond acceptors (Lipinski definition) is 6. The molecule has 0 bridgehead atoms. The summed E-state index contributed by atoms with van der Waals surface area (Å²) in [7, 11) is 1.30. The summed E-state index contributed by atoms with van der Waals surface area (Å²) in [4.78, 5) is 31.6. The molecule has 0 radical (unpaired) electrons. The summed E-state index contributed by atoms with van der Waals surface area (Å²) in [6.07, 6.45) is -2.28. The highest BCUT2D eigenvalue weighted by atomic mass is 35.5. The lowest BCUT2D eigenvalue weighted by molar-refractivity contribution is -0.154. The number of alkyl halides is 3. The topological polar surface area (TPSA) is 99.4 Å². The van der Waals surface area contributed by atoms with Crippen molar-refractivity contribution in [2.45, 2.75) is 51.7 Å². The maximum atomic E-state index is 13.6. The number of carboxylic acid groups (broad SMARTS) is 1. The normalized spacial score (nSPS) is 15.8. The third-order valence-corrected chi connectivity index (χ3v) is 6.46. The van der Waals surface area contributed by atoms with Gasteiger partial charge in [0.15, 0.2) is 12.1 Å². The molecule has 1 aliphatic rings. The minimum absolute atomic E-state index is 0.0374. The van der Waals surface area contributed by atoms with Gasteiger partial charge in [0.2, 0.25) is 0 Å². The molecule has 0 saturated heterocycles. The monoisotopic (exact) mass is 544 g/mol. The van der Waals surface area contributed by atoms with Crippen molar-refractivity contribution in [3.63, 3.8) is 0 Å². The van der Waals surface area contributed by atoms with Crippen LogP contribution < -0.4 is 15.0 Å². The van der Waals surface area contributed by atoms with Gasteiger partial charge in [-0.25, -0.2) is 4.79 Å². The molecule has 12 heteroatoms. The number of oxime groups is 1. The Kier molecular flexibility index (Phi) is 8.16. The van der Waals surface area contributed by atoms with Gasteiger partial charge < -0.3 is 19.4 Å². The van der Waals surface area contributed by atoms with E-state index in [1.165, 1.54) is 31.5 Å². The average Bonchev–Trinajstić information content (AvgIpc) is 2.81. The van der Waals surface area contributed by atoms with Crippen LogP contribution in [-0.4, -0.2) is 47.9 Å². The Morgan fingerprint density at radius 2 is 1.86 bits per heavy atom. The zero-order chi connectivity index (χ0) is 27.6. The number of carboxylic acids is 1. The van der Waals surface area contributed by atoms with Crippen LogP contribution in [-0.2, 0) is 15.2 Å². The number of aromatic nitrogens is 1. The molecule has 37 heavy (non-hydrogen) atoms. The van der Waals surface area contributed by atoms with E-state index in [0.29, 0.717) is 25.2 Å². The molecular formula is C25H28ClF3N2O6. The van der Waals surface area contributed by atoms with Gasteiger partial charge in [0.05, 0.1) is 19.0 Å². The van der Waals surface area contributed by atoms with E-state index in [9.17, 15) is 27.9 Å². The Labute approximate surface area is 216 Å². The third kappa shape index (κ3) is 6.03. The fourth-order valence-electron chi connectivity index (χ4n) is 4.33. The van der Waals surface area contributed by atoms with Crippen molar-refractivity contribution in [2.24, 2.45) is 10.6 Å². The summed E-state index contributed by atoms with van der Waals surface area (Å²) in [5.41, 5.74) is -2.83. The lowest BCUT2D eigenvalue weighted by Gasteiger charge is -2.43. The van der Waals surface area contributed by atoms with Gasteiger partial charge in [0, 0.05) is 28.6 Å². The summed E-state index contributed by atoms with van der Waals surface area (Å²) < 4.78 is 50.0. The van der Waals surface area contributed by atoms with Crippen LogP contribution in [0.15, 0.2) is 40.4 Å². The zero-order valence-corrected chi connectivity index (χ0v) is 21.6. The number of benzene rings is 1. The molecule has 1 atom stereocenters. The Bertz CT molecular complexity index is 1250. The second-order valence-electron chi connectivity index (χ2n) is 9.69. The minimum Gasteiger partial charge on any atom is -0.495 e. The minimum atomic E-state index is -4.59. The van der Waals surface area contributed by atoms with E-state index in [4.69, 9.17) is 25.9 Å². The number of ether oxygens (including phenoxy) is 2. The van der Waals surface area contributed by atoms with Crippen molar-refractivity contribution in [3.05, 3.63) is 45.8 Å². The van der Waals surface area contributed by atoms with Gasteiger partial charge in [-0.3, -0.25) is 9.36 Å². The number of pyridine rings is 1. The summed E-state index contributed by atoms with van der Waals surface area (Å²) >= 11 is 6.10. The largest absolute Gasteiger partial charge is 0.495 e. The number of halogens is 4. The van der Waals surface area contributed by atoms with Gasteiger partial charge in [-0.1, -0.05) is 37.5 Å². The van der Waals surface area contributed by atoms with Crippen LogP contribution in [0.4, 0.5) is 13.2 Å². The van der Waals surface area contributed by atoms with E-state index in [0.717, 1.165) is 10.6 Å². The Balaban J connectivity index is 2.23. The first-order valence-electron chi connectivity index (χ1n) is 11.4. The Morgan fingerprint density at radius 1 is 1.19 bits per heavy atom. The first kappa shape index (κ1) is 28.4. The molecule has 2 heterocycles. The average molecular weight is 545 g/mol. The van der Waals surface area contributed by atoms with E-state index < -0.39 is 35.3 Å². The molecule has 0 aliphatic carbocycles. The summed E-state index contributed by atoms with van der Waals surface area (Å²) in [5.74, 6) is -1.40. The molecule has 0 spiro atoms. The summed E-state index contributed by atoms with van der Waals surface area (Å²) in [6, 6.07) is 5.06. The molecule has 1 aromatic heterocycles. The van der Waals surface area contributed by atoms with Gasteiger partial charge in [-0.05, 0) is 36.5 Å². The smallest absolute Gasteiger partial charge is 0.422 e. The van der Waals surface area contributed by atoms with Crippen molar-refractivity contribution < 1.29 is 37.4 Å². The number of aliphatic carboxylic acids is 1. The second-order valence-corrected chi connectivity index (χ2v) is 10.1. The quantitative estimate of drug-likeness (QED) is 0.471. The maximum absolute atomic E-state index is 13.6. The highest BCUT2D eigenvalue weighted by Crippen LogP contribution is 2.43. The van der Waals surface area contributed by atoms with Crippen molar-refractivity contribution >= 4 is 23.3 Å². The molecule has 202 valence electrons. The number of rotatable bonds is 8. The Hall–Kier alpha value is -3.21. The van der Waals surface area contributed by atoms with Crippen molar-refractivity contribution in [2.75, 3.05) is 20.3 Å². The van der Waals surface area contributed by atoms with Crippen LogP contribution >= 0.6 is 11.6 Å². The third-order valence-electron chi connectivity index (χ3n) is 6.22. The second kappa shape index (κ2) is 10.6. The van der Waals surface area contributed by atoms with Gasteiger partial charge in [-0.15, -0.1) is 0 Å². The molecule has 8 nitrogen and oxygen atoms in total. The molecule has 1 aromatic carbocycles. The van der Waals surface area contributed by atoms with E-state index in [-0.39, 0.29) is 34.1 Å². The standard InChI is InChI=1S/C25H28ClF3N2O6/c1-23(2,3)24(22(33)34,12-16-6-5-9-37-30-16)31-13-20(35-4)18(11-21(31)32)17-10-15(26)7-8-19(17)36-14-25(27,28)29/h7-8,10-11,13H,5-6,9,12,14H2,1-4H3,(H,33,34). The lowest BCUT2D eigenvalue weighted by Crippen LogP contribution is -2.57. The molecule has 1 unspecified atom stereocenters. The molecule has 0 fully saturated rings. The van der Waals surface area contributed by atoms with Crippen LogP contribution in [0.1, 0.15) is 40.0 Å². The predicted octanol–water partition coefficient (Wildman–Crippen LogP) is 5.50. The van der Waals surface area contributed by atoms with Crippen LogP contribution in [0.5, 0.6) is 11.5 Å². The summed E-state index contributed by atoms with van der Waals surface area (Å²) in [6.45, 7) is 3.94. The lowest BCUT2D eigenvalue weighted by atomic mass is 9.69. The number of methoxy groups -OCH3 is 1. The molecule has 1 aliphatic heterocycles. The number of nitrogens with zero attached hydrogens (tertiary/aromatic N) is 2.